The molecule has 2 heterocycles. The topological polar surface area (TPSA) is 54.9 Å². The van der Waals surface area contributed by atoms with E-state index in [4.69, 9.17) is 0 Å². The van der Waals surface area contributed by atoms with Crippen molar-refractivity contribution >= 4 is 17.2 Å². The highest BCUT2D eigenvalue weighted by molar-refractivity contribution is 7.13. The highest BCUT2D eigenvalue weighted by Gasteiger charge is 2.35. The van der Waals surface area contributed by atoms with E-state index in [-0.39, 0.29) is 11.9 Å². The molecule has 3 rings (SSSR count). The first kappa shape index (κ1) is 15.2. The van der Waals surface area contributed by atoms with Crippen LogP contribution in [-0.4, -0.2) is 15.9 Å². The quantitative estimate of drug-likeness (QED) is 0.917. The number of aromatic nitrogens is 2. The fraction of sp³-hybridized carbons (Fsp3) is 0.471. The average molecular weight is 315 g/mol. The number of thiazole rings is 1. The molecular weight excluding hydrogens is 294 g/mol. The molecule has 22 heavy (non-hydrogen) atoms. The number of hydrogen-bond donors (Lipinski definition) is 1. The van der Waals surface area contributed by atoms with E-state index in [1.54, 1.807) is 0 Å². The van der Waals surface area contributed by atoms with Crippen molar-refractivity contribution in [2.75, 3.05) is 0 Å². The number of nitrogens with zero attached hydrogens (tertiary/aromatic N) is 2. The summed E-state index contributed by atoms with van der Waals surface area (Å²) in [4.78, 5) is 22.3. The minimum absolute atomic E-state index is 0.0114. The predicted molar refractivity (Wildman–Crippen MR) is 88.1 cm³/mol. The monoisotopic (exact) mass is 315 g/mol. The number of aryl methyl sites for hydroxylation is 3. The van der Waals surface area contributed by atoms with Gasteiger partial charge in [-0.3, -0.25) is 9.78 Å². The van der Waals surface area contributed by atoms with Crippen LogP contribution >= 0.6 is 11.3 Å². The fourth-order valence-corrected chi connectivity index (χ4v) is 3.60. The van der Waals surface area contributed by atoms with E-state index in [2.05, 4.69) is 28.3 Å². The summed E-state index contributed by atoms with van der Waals surface area (Å²) in [6.45, 7) is 6.03. The third-order valence-electron chi connectivity index (χ3n) is 3.98. The van der Waals surface area contributed by atoms with Gasteiger partial charge in [-0.25, -0.2) is 4.98 Å². The number of hydrogen-bond acceptors (Lipinski definition) is 4. The molecule has 4 nitrogen and oxygen atoms in total. The van der Waals surface area contributed by atoms with Crippen LogP contribution in [-0.2, 0) is 6.42 Å². The van der Waals surface area contributed by atoms with E-state index in [9.17, 15) is 4.79 Å². The zero-order valence-electron chi connectivity index (χ0n) is 13.2. The highest BCUT2D eigenvalue weighted by atomic mass is 32.1. The van der Waals surface area contributed by atoms with Gasteiger partial charge in [0, 0.05) is 6.20 Å². The molecule has 2 aromatic heterocycles. The Bertz CT molecular complexity index is 691. The molecule has 0 spiro atoms. The Kier molecular flexibility index (Phi) is 4.25. The maximum atomic E-state index is 12.7. The predicted octanol–water partition coefficient (Wildman–Crippen LogP) is 3.60. The third kappa shape index (κ3) is 3.19. The Hall–Kier alpha value is -1.75. The smallest absolute Gasteiger partial charge is 0.263 e. The molecule has 1 atom stereocenters. The van der Waals surface area contributed by atoms with Gasteiger partial charge in [-0.2, -0.15) is 0 Å². The second-order valence-corrected chi connectivity index (χ2v) is 7.11. The maximum absolute atomic E-state index is 12.7. The molecule has 0 bridgehead atoms. The van der Waals surface area contributed by atoms with Crippen molar-refractivity contribution in [1.82, 2.24) is 15.3 Å². The molecule has 1 saturated carbocycles. The van der Waals surface area contributed by atoms with Crippen LogP contribution < -0.4 is 5.32 Å². The van der Waals surface area contributed by atoms with Gasteiger partial charge in [0.2, 0.25) is 0 Å². The fourth-order valence-electron chi connectivity index (χ4n) is 2.69. The maximum Gasteiger partial charge on any atom is 0.263 e. The van der Waals surface area contributed by atoms with Crippen LogP contribution in [0.5, 0.6) is 0 Å². The largest absolute Gasteiger partial charge is 0.343 e. The Balaban J connectivity index is 1.83. The van der Waals surface area contributed by atoms with Crippen LogP contribution in [0.3, 0.4) is 0 Å². The lowest BCUT2D eigenvalue weighted by Gasteiger charge is -2.18. The first-order valence-electron chi connectivity index (χ1n) is 7.78. The van der Waals surface area contributed by atoms with E-state index in [1.165, 1.54) is 16.9 Å². The van der Waals surface area contributed by atoms with E-state index in [0.29, 0.717) is 5.92 Å². The summed E-state index contributed by atoms with van der Waals surface area (Å²) in [6, 6.07) is 4.07. The Morgan fingerprint density at radius 3 is 2.86 bits per heavy atom. The van der Waals surface area contributed by atoms with Gasteiger partial charge < -0.3 is 5.32 Å². The molecule has 1 fully saturated rings. The summed E-state index contributed by atoms with van der Waals surface area (Å²) in [5.41, 5.74) is 3.04. The van der Waals surface area contributed by atoms with Crippen molar-refractivity contribution in [1.29, 1.82) is 0 Å². The van der Waals surface area contributed by atoms with Crippen molar-refractivity contribution in [2.45, 2.75) is 46.1 Å². The molecule has 0 saturated heterocycles. The number of pyridine rings is 1. The minimum atomic E-state index is -0.0114. The number of amides is 1. The van der Waals surface area contributed by atoms with Gasteiger partial charge in [0.25, 0.3) is 5.91 Å². The summed E-state index contributed by atoms with van der Waals surface area (Å²) in [6.07, 6.45) is 4.91. The summed E-state index contributed by atoms with van der Waals surface area (Å²) >= 11 is 1.48. The second-order valence-electron chi connectivity index (χ2n) is 5.91. The standard InChI is InChI=1S/C17H21N3OS/c1-4-13-16(22-11(3)19-13)17(21)20-15(12-5-6-12)14-9-10(2)7-8-18-14/h7-9,12,15H,4-6H2,1-3H3,(H,20,21). The molecule has 1 aliphatic carbocycles. The molecule has 0 radical (unpaired) electrons. The van der Waals surface area contributed by atoms with E-state index in [1.807, 2.05) is 26.1 Å². The molecule has 1 aliphatic rings. The van der Waals surface area contributed by atoms with Gasteiger partial charge >= 0.3 is 0 Å². The van der Waals surface area contributed by atoms with Crippen LogP contribution in [0.2, 0.25) is 0 Å². The second kappa shape index (κ2) is 6.16. The lowest BCUT2D eigenvalue weighted by molar-refractivity contribution is 0.0933. The Morgan fingerprint density at radius 2 is 2.23 bits per heavy atom. The van der Waals surface area contributed by atoms with Gasteiger partial charge in [-0.15, -0.1) is 11.3 Å². The SMILES string of the molecule is CCc1nc(C)sc1C(=O)NC(c1cc(C)ccn1)C1CC1. The zero-order valence-corrected chi connectivity index (χ0v) is 14.0. The Morgan fingerprint density at radius 1 is 1.45 bits per heavy atom. The molecule has 1 unspecified atom stereocenters. The van der Waals surface area contributed by atoms with Crippen LogP contribution in [0.15, 0.2) is 18.3 Å². The zero-order chi connectivity index (χ0) is 15.7. The normalized spacial score (nSPS) is 15.6. The van der Waals surface area contributed by atoms with Crippen molar-refractivity contribution < 1.29 is 4.79 Å². The van der Waals surface area contributed by atoms with E-state index in [0.717, 1.165) is 40.5 Å². The number of rotatable bonds is 5. The van der Waals surface area contributed by atoms with Crippen molar-refractivity contribution in [3.8, 4) is 0 Å². The molecule has 0 aliphatic heterocycles. The van der Waals surface area contributed by atoms with Crippen molar-refractivity contribution in [2.24, 2.45) is 5.92 Å². The highest BCUT2D eigenvalue weighted by Crippen LogP contribution is 2.40. The number of carbonyl (C=O) groups excluding carboxylic acids is 1. The van der Waals surface area contributed by atoms with Gasteiger partial charge in [0.15, 0.2) is 0 Å². The minimum Gasteiger partial charge on any atom is -0.343 e. The van der Waals surface area contributed by atoms with E-state index < -0.39 is 0 Å². The molecule has 5 heteroatoms. The van der Waals surface area contributed by atoms with Crippen molar-refractivity contribution in [3.63, 3.8) is 0 Å². The number of nitrogens with one attached hydrogen (secondary N) is 1. The molecule has 1 N–H and O–H groups in total. The molecular formula is C17H21N3OS. The summed E-state index contributed by atoms with van der Waals surface area (Å²) in [5.74, 6) is 0.500. The lowest BCUT2D eigenvalue weighted by atomic mass is 10.1. The first-order valence-corrected chi connectivity index (χ1v) is 8.60. The third-order valence-corrected chi connectivity index (χ3v) is 4.99. The first-order chi connectivity index (χ1) is 10.6. The van der Waals surface area contributed by atoms with Gasteiger partial charge in [-0.05, 0) is 56.7 Å². The summed E-state index contributed by atoms with van der Waals surface area (Å²) < 4.78 is 0. The van der Waals surface area contributed by atoms with Crippen LogP contribution in [0.25, 0.3) is 0 Å². The molecule has 116 valence electrons. The van der Waals surface area contributed by atoms with Gasteiger partial charge in [-0.1, -0.05) is 6.92 Å². The van der Waals surface area contributed by atoms with Gasteiger partial charge in [0.05, 0.1) is 22.4 Å². The van der Waals surface area contributed by atoms with Crippen molar-refractivity contribution in [3.05, 3.63) is 45.2 Å². The summed E-state index contributed by atoms with van der Waals surface area (Å²) in [5, 5.41) is 4.14. The number of carbonyl (C=O) groups is 1. The lowest BCUT2D eigenvalue weighted by Crippen LogP contribution is -2.30. The van der Waals surface area contributed by atoms with Gasteiger partial charge in [0.1, 0.15) is 4.88 Å². The summed E-state index contributed by atoms with van der Waals surface area (Å²) in [7, 11) is 0. The molecule has 1 amide bonds. The molecule has 0 aromatic carbocycles. The average Bonchev–Trinajstić information content (AvgIpc) is 3.26. The Labute approximate surface area is 135 Å². The van der Waals surface area contributed by atoms with Crippen LogP contribution in [0.1, 0.15) is 57.4 Å². The van der Waals surface area contributed by atoms with Crippen LogP contribution in [0.4, 0.5) is 0 Å². The van der Waals surface area contributed by atoms with E-state index >= 15 is 0 Å². The van der Waals surface area contributed by atoms with Crippen LogP contribution in [0, 0.1) is 19.8 Å². The molecule has 2 aromatic rings.